The van der Waals surface area contributed by atoms with Crippen LogP contribution in [-0.4, -0.2) is 61.1 Å². The molecule has 1 atom stereocenters. The summed E-state index contributed by atoms with van der Waals surface area (Å²) in [6.45, 7) is 3.10. The number of carbonyl (C=O) groups is 2. The van der Waals surface area contributed by atoms with Crippen LogP contribution in [0.3, 0.4) is 0 Å². The van der Waals surface area contributed by atoms with Gasteiger partial charge in [-0.25, -0.2) is 13.4 Å². The predicted molar refractivity (Wildman–Crippen MR) is 123 cm³/mol. The van der Waals surface area contributed by atoms with Crippen molar-refractivity contribution < 1.29 is 22.7 Å². The zero-order valence-electron chi connectivity index (χ0n) is 17.5. The Morgan fingerprint density at radius 1 is 1.28 bits per heavy atom. The van der Waals surface area contributed by atoms with Gasteiger partial charge in [0, 0.05) is 24.2 Å². The largest absolute Gasteiger partial charge is 0.379 e. The van der Waals surface area contributed by atoms with E-state index in [2.05, 4.69) is 10.3 Å². The zero-order valence-corrected chi connectivity index (χ0v) is 19.9. The molecule has 12 heteroatoms. The number of aromatic nitrogens is 1. The van der Waals surface area contributed by atoms with Gasteiger partial charge in [0.2, 0.25) is 15.9 Å². The van der Waals surface area contributed by atoms with E-state index < -0.39 is 21.2 Å². The third-order valence-electron chi connectivity index (χ3n) is 5.39. The predicted octanol–water partition coefficient (Wildman–Crippen LogP) is 1.87. The van der Waals surface area contributed by atoms with Crippen molar-refractivity contribution in [1.82, 2.24) is 9.29 Å². The van der Waals surface area contributed by atoms with Crippen LogP contribution >= 0.6 is 23.1 Å². The monoisotopic (exact) mass is 496 g/mol. The summed E-state index contributed by atoms with van der Waals surface area (Å²) in [6, 6.07) is 3.09. The second kappa shape index (κ2) is 9.48. The number of sulfonamides is 1. The molecule has 3 heterocycles. The van der Waals surface area contributed by atoms with Gasteiger partial charge in [-0.3, -0.25) is 9.59 Å². The summed E-state index contributed by atoms with van der Waals surface area (Å²) in [6.07, 6.45) is 4.00. The van der Waals surface area contributed by atoms with Crippen LogP contribution in [0.4, 0.5) is 5.00 Å². The van der Waals surface area contributed by atoms with Gasteiger partial charge in [-0.15, -0.1) is 11.3 Å². The average molecular weight is 497 g/mol. The lowest BCUT2D eigenvalue weighted by Crippen LogP contribution is -2.40. The first-order chi connectivity index (χ1) is 15.3. The summed E-state index contributed by atoms with van der Waals surface area (Å²) in [5.74, 6) is -0.803. The van der Waals surface area contributed by atoms with E-state index in [1.807, 2.05) is 0 Å². The van der Waals surface area contributed by atoms with Crippen molar-refractivity contribution in [3.05, 3.63) is 34.3 Å². The van der Waals surface area contributed by atoms with Crippen LogP contribution in [0.1, 0.15) is 34.1 Å². The highest BCUT2D eigenvalue weighted by Crippen LogP contribution is 2.39. The molecule has 1 aliphatic heterocycles. The highest BCUT2D eigenvalue weighted by Gasteiger charge is 2.28. The minimum absolute atomic E-state index is 0.111. The molecule has 0 bridgehead atoms. The molecular formula is C20H24N4O5S3. The summed E-state index contributed by atoms with van der Waals surface area (Å²) in [5, 5.41) is 3.35. The SMILES string of the molecule is CC(Sc1ccc(S(=O)(=O)N2CCOCC2)cn1)C(=O)Nc1sc2c(c1C(N)=O)CCC2. The van der Waals surface area contributed by atoms with Gasteiger partial charge < -0.3 is 15.8 Å². The van der Waals surface area contributed by atoms with Gasteiger partial charge in [0.1, 0.15) is 9.90 Å². The van der Waals surface area contributed by atoms with Crippen LogP contribution in [0.25, 0.3) is 0 Å². The Balaban J connectivity index is 1.41. The summed E-state index contributed by atoms with van der Waals surface area (Å²) < 4.78 is 32.0. The van der Waals surface area contributed by atoms with Crippen molar-refractivity contribution in [2.45, 2.75) is 41.4 Å². The van der Waals surface area contributed by atoms with Crippen LogP contribution in [0, 0.1) is 0 Å². The molecule has 172 valence electrons. The lowest BCUT2D eigenvalue weighted by molar-refractivity contribution is -0.115. The number of primary amides is 1. The summed E-state index contributed by atoms with van der Waals surface area (Å²) in [7, 11) is -3.62. The van der Waals surface area contributed by atoms with Crippen molar-refractivity contribution in [3.63, 3.8) is 0 Å². The number of morpholine rings is 1. The molecule has 2 amide bonds. The van der Waals surface area contributed by atoms with Crippen molar-refractivity contribution in [2.75, 3.05) is 31.6 Å². The standard InChI is InChI=1S/C20H24N4O5S3/c1-12(19(26)23-20-17(18(21)25)14-3-2-4-15(14)31-20)30-16-6-5-13(11-22-16)32(27,28)24-7-9-29-10-8-24/h5-6,11-12H,2-4,7-10H2,1H3,(H2,21,25)(H,23,26). The first-order valence-electron chi connectivity index (χ1n) is 10.2. The number of ether oxygens (including phenoxy) is 1. The van der Waals surface area contributed by atoms with E-state index in [1.54, 1.807) is 13.0 Å². The van der Waals surface area contributed by atoms with Crippen molar-refractivity contribution >= 4 is 49.9 Å². The molecule has 1 fully saturated rings. The Morgan fingerprint density at radius 3 is 2.69 bits per heavy atom. The minimum Gasteiger partial charge on any atom is -0.379 e. The smallest absolute Gasteiger partial charge is 0.251 e. The Morgan fingerprint density at radius 2 is 2.03 bits per heavy atom. The topological polar surface area (TPSA) is 132 Å². The first-order valence-corrected chi connectivity index (χ1v) is 13.4. The number of carbonyl (C=O) groups excluding carboxylic acids is 2. The van der Waals surface area contributed by atoms with Gasteiger partial charge in [0.15, 0.2) is 0 Å². The van der Waals surface area contributed by atoms with E-state index in [0.717, 1.165) is 29.7 Å². The van der Waals surface area contributed by atoms with E-state index >= 15 is 0 Å². The summed E-state index contributed by atoms with van der Waals surface area (Å²) in [4.78, 5) is 30.1. The number of thiophene rings is 1. The Bertz CT molecular complexity index is 1120. The number of nitrogens with zero attached hydrogens (tertiary/aromatic N) is 2. The third kappa shape index (κ3) is 4.69. The molecule has 1 unspecified atom stereocenters. The molecule has 4 rings (SSSR count). The maximum absolute atomic E-state index is 12.7. The van der Waals surface area contributed by atoms with Crippen molar-refractivity contribution in [3.8, 4) is 0 Å². The summed E-state index contributed by atoms with van der Waals surface area (Å²) >= 11 is 2.62. The number of thioether (sulfide) groups is 1. The molecule has 2 aliphatic rings. The second-order valence-corrected chi connectivity index (χ2v) is 11.9. The number of aryl methyl sites for hydroxylation is 1. The van der Waals surface area contributed by atoms with E-state index in [0.29, 0.717) is 41.9 Å². The number of nitrogens with two attached hydrogens (primary N) is 1. The van der Waals surface area contributed by atoms with Gasteiger partial charge >= 0.3 is 0 Å². The number of anilines is 1. The van der Waals surface area contributed by atoms with E-state index in [4.69, 9.17) is 10.5 Å². The fourth-order valence-electron chi connectivity index (χ4n) is 3.73. The number of hydrogen-bond donors (Lipinski definition) is 2. The molecule has 0 radical (unpaired) electrons. The Kier molecular flexibility index (Phi) is 6.86. The number of amides is 2. The van der Waals surface area contributed by atoms with Crippen LogP contribution in [0.5, 0.6) is 0 Å². The molecule has 0 spiro atoms. The fourth-order valence-corrected chi connectivity index (χ4v) is 7.17. The number of fused-ring (bicyclic) bond motifs is 1. The molecule has 32 heavy (non-hydrogen) atoms. The van der Waals surface area contributed by atoms with E-state index in [-0.39, 0.29) is 10.8 Å². The van der Waals surface area contributed by atoms with Crippen LogP contribution in [0.2, 0.25) is 0 Å². The van der Waals surface area contributed by atoms with E-state index in [1.165, 1.54) is 39.7 Å². The maximum atomic E-state index is 12.7. The molecule has 2 aromatic rings. The van der Waals surface area contributed by atoms with Crippen molar-refractivity contribution in [2.24, 2.45) is 5.73 Å². The maximum Gasteiger partial charge on any atom is 0.251 e. The molecule has 2 aromatic heterocycles. The molecule has 0 aromatic carbocycles. The Labute approximate surface area is 194 Å². The highest BCUT2D eigenvalue weighted by molar-refractivity contribution is 8.00. The van der Waals surface area contributed by atoms with E-state index in [9.17, 15) is 18.0 Å². The molecule has 1 aliphatic carbocycles. The quantitative estimate of drug-likeness (QED) is 0.559. The molecular weight excluding hydrogens is 472 g/mol. The number of rotatable bonds is 7. The second-order valence-electron chi connectivity index (χ2n) is 7.52. The lowest BCUT2D eigenvalue weighted by Gasteiger charge is -2.25. The van der Waals surface area contributed by atoms with Crippen LogP contribution in [-0.2, 0) is 32.4 Å². The fraction of sp³-hybridized carbons (Fsp3) is 0.450. The van der Waals surface area contributed by atoms with Gasteiger partial charge in [0.05, 0.1) is 29.1 Å². The summed E-state index contributed by atoms with van der Waals surface area (Å²) in [5.41, 5.74) is 6.93. The zero-order chi connectivity index (χ0) is 22.9. The normalized spacial score (nSPS) is 17.7. The Hall–Kier alpha value is -1.99. The lowest BCUT2D eigenvalue weighted by atomic mass is 10.1. The van der Waals surface area contributed by atoms with Gasteiger partial charge in [0.25, 0.3) is 5.91 Å². The highest BCUT2D eigenvalue weighted by atomic mass is 32.2. The van der Waals surface area contributed by atoms with Crippen LogP contribution in [0.15, 0.2) is 28.3 Å². The molecule has 0 saturated carbocycles. The van der Waals surface area contributed by atoms with Crippen LogP contribution < -0.4 is 11.1 Å². The average Bonchev–Trinajstić information content (AvgIpc) is 3.35. The number of nitrogens with one attached hydrogen (secondary N) is 1. The van der Waals surface area contributed by atoms with Gasteiger partial charge in [-0.05, 0) is 43.9 Å². The van der Waals surface area contributed by atoms with Crippen molar-refractivity contribution in [1.29, 1.82) is 0 Å². The molecule has 9 nitrogen and oxygen atoms in total. The van der Waals surface area contributed by atoms with Gasteiger partial charge in [-0.1, -0.05) is 11.8 Å². The minimum atomic E-state index is -3.62. The molecule has 1 saturated heterocycles. The first kappa shape index (κ1) is 23.2. The molecule has 3 N–H and O–H groups in total. The number of hydrogen-bond acceptors (Lipinski definition) is 8. The number of pyridine rings is 1. The van der Waals surface area contributed by atoms with Gasteiger partial charge in [-0.2, -0.15) is 4.31 Å². The third-order valence-corrected chi connectivity index (χ3v) is 9.53.